The summed E-state index contributed by atoms with van der Waals surface area (Å²) in [6.45, 7) is 1.78. The van der Waals surface area contributed by atoms with Gasteiger partial charge in [0.05, 0.1) is 56.3 Å². The third kappa shape index (κ3) is 6.87. The lowest BCUT2D eigenvalue weighted by molar-refractivity contribution is -0.182. The van der Waals surface area contributed by atoms with E-state index in [9.17, 15) is 22.8 Å². The Hall–Kier alpha value is -4.30. The third-order valence-electron chi connectivity index (χ3n) is 10.1. The van der Waals surface area contributed by atoms with Crippen molar-refractivity contribution in [1.29, 1.82) is 0 Å². The molecule has 2 aliphatic carbocycles. The molecule has 7 rings (SSSR count). The molecule has 50 heavy (non-hydrogen) atoms. The zero-order valence-corrected chi connectivity index (χ0v) is 28.9. The molecular formula is C34H36Cl2F3N9O2. The Balaban J connectivity index is 1.13. The molecule has 11 nitrogen and oxygen atoms in total. The number of alkyl halides is 3. The molecule has 2 aromatic heterocycles. The number of piperidine rings is 1. The second kappa shape index (κ2) is 13.4. The number of nitrogens with zero attached hydrogens (tertiary/aromatic N) is 5. The number of carbonyl (C=O) groups excluding carboxylic acids is 2. The number of aromatic nitrogens is 4. The Labute approximate surface area is 296 Å². The molecule has 16 heteroatoms. The minimum absolute atomic E-state index is 0.00299. The van der Waals surface area contributed by atoms with Crippen LogP contribution in [0.5, 0.6) is 0 Å². The second-order valence-corrected chi connectivity index (χ2v) is 14.1. The van der Waals surface area contributed by atoms with Crippen LogP contribution in [0, 0.1) is 17.8 Å². The van der Waals surface area contributed by atoms with Crippen LogP contribution in [0.3, 0.4) is 0 Å². The van der Waals surface area contributed by atoms with Gasteiger partial charge in [0.2, 0.25) is 5.95 Å². The number of imidazole rings is 1. The summed E-state index contributed by atoms with van der Waals surface area (Å²) in [4.78, 5) is 41.8. The van der Waals surface area contributed by atoms with E-state index in [2.05, 4.69) is 36.1 Å². The van der Waals surface area contributed by atoms with Gasteiger partial charge in [-0.1, -0.05) is 29.3 Å². The minimum atomic E-state index is -4.21. The lowest BCUT2D eigenvalue weighted by atomic mass is 9.85. The molecule has 0 radical (unpaired) electrons. The zero-order valence-electron chi connectivity index (χ0n) is 27.4. The topological polar surface area (TPSA) is 129 Å². The maximum absolute atomic E-state index is 13.8. The van der Waals surface area contributed by atoms with Crippen molar-refractivity contribution in [3.63, 3.8) is 0 Å². The van der Waals surface area contributed by atoms with Crippen molar-refractivity contribution in [2.45, 2.75) is 50.9 Å². The van der Waals surface area contributed by atoms with E-state index < -0.39 is 18.0 Å². The zero-order chi connectivity index (χ0) is 35.3. The summed E-state index contributed by atoms with van der Waals surface area (Å²) in [5.41, 5.74) is 3.68. The average molecular weight is 731 g/mol. The first kappa shape index (κ1) is 34.2. The van der Waals surface area contributed by atoms with Crippen LogP contribution in [0.1, 0.15) is 58.5 Å². The molecule has 2 aromatic carbocycles. The lowest BCUT2D eigenvalue weighted by Crippen LogP contribution is -2.40. The smallest absolute Gasteiger partial charge is 0.372 e. The first-order valence-electron chi connectivity index (χ1n) is 16.5. The first-order chi connectivity index (χ1) is 23.9. The van der Waals surface area contributed by atoms with Gasteiger partial charge >= 0.3 is 6.18 Å². The highest BCUT2D eigenvalue weighted by Gasteiger charge is 2.46. The van der Waals surface area contributed by atoms with E-state index >= 15 is 0 Å². The number of nitrogens with one attached hydrogen (secondary N) is 4. The van der Waals surface area contributed by atoms with Crippen molar-refractivity contribution < 1.29 is 22.8 Å². The lowest BCUT2D eigenvalue weighted by Gasteiger charge is -2.31. The van der Waals surface area contributed by atoms with Crippen LogP contribution in [0.25, 0.3) is 11.0 Å². The van der Waals surface area contributed by atoms with Crippen molar-refractivity contribution in [2.24, 2.45) is 24.8 Å². The number of rotatable bonds is 9. The van der Waals surface area contributed by atoms with Gasteiger partial charge in [0.15, 0.2) is 0 Å². The highest BCUT2D eigenvalue weighted by Crippen LogP contribution is 2.47. The maximum Gasteiger partial charge on any atom is 0.391 e. The molecular weight excluding hydrogens is 694 g/mol. The van der Waals surface area contributed by atoms with Crippen LogP contribution in [-0.4, -0.2) is 63.7 Å². The van der Waals surface area contributed by atoms with Gasteiger partial charge in [0.1, 0.15) is 11.5 Å². The molecule has 2 unspecified atom stereocenters. The standard InChI is InChI=1S/C34H36Cl2F3N9O2/c1-40-28-14-41-13-25(44-28)32(50)42-12-17-3-8-23(35)30(29(17)36)46-33-45-24-10-22(31(49)43-21-6-4-20(5-7-21)34(37,38)39)26(11-27(24)47(33)2)48-15-18-9-19(18)16-48/h3,8,10-11,13-14,18-21H,4-7,9,12,15-16H2,1-2H3,(H,40,44)(H,42,50)(H,43,49)(H,45,46). The number of carbonyl (C=O) groups is 2. The predicted octanol–water partition coefficient (Wildman–Crippen LogP) is 6.69. The van der Waals surface area contributed by atoms with Crippen LogP contribution in [0.2, 0.25) is 10.0 Å². The highest BCUT2D eigenvalue weighted by molar-refractivity contribution is 6.39. The SMILES string of the molecule is CNc1cncc(C(=O)NCc2ccc(Cl)c(Nc3nc4cc(C(=O)NC5CCC(C(F)(F)F)CC5)c(N5CC6CC6C5)cc4n3C)c2Cl)n1. The van der Waals surface area contributed by atoms with E-state index in [1.807, 2.05) is 17.7 Å². The Kier molecular flexibility index (Phi) is 9.18. The monoisotopic (exact) mass is 729 g/mol. The largest absolute Gasteiger partial charge is 0.391 e. The fourth-order valence-corrected chi connectivity index (χ4v) is 7.56. The maximum atomic E-state index is 13.8. The molecule has 3 aliphatic rings. The second-order valence-electron chi connectivity index (χ2n) is 13.3. The number of hydrogen-bond donors (Lipinski definition) is 4. The molecule has 4 aromatic rings. The normalized spacial score (nSPS) is 21.5. The van der Waals surface area contributed by atoms with E-state index in [-0.39, 0.29) is 54.9 Å². The first-order valence-corrected chi connectivity index (χ1v) is 17.3. The van der Waals surface area contributed by atoms with Crippen LogP contribution in [-0.2, 0) is 13.6 Å². The summed E-state index contributed by atoms with van der Waals surface area (Å²) < 4.78 is 41.6. The molecule has 2 amide bonds. The minimum Gasteiger partial charge on any atom is -0.372 e. The van der Waals surface area contributed by atoms with Gasteiger partial charge < -0.3 is 30.7 Å². The van der Waals surface area contributed by atoms with Crippen LogP contribution >= 0.6 is 23.2 Å². The van der Waals surface area contributed by atoms with Gasteiger partial charge in [0, 0.05) is 39.8 Å². The van der Waals surface area contributed by atoms with Crippen LogP contribution < -0.4 is 26.2 Å². The molecule has 264 valence electrons. The summed E-state index contributed by atoms with van der Waals surface area (Å²) in [7, 11) is 3.52. The molecule has 1 aliphatic heterocycles. The number of fused-ring (bicyclic) bond motifs is 2. The Morgan fingerprint density at radius 2 is 1.74 bits per heavy atom. The van der Waals surface area contributed by atoms with Gasteiger partial charge in [-0.15, -0.1) is 0 Å². The summed E-state index contributed by atoms with van der Waals surface area (Å²) in [5.74, 6) is 0.0255. The number of benzene rings is 2. The Morgan fingerprint density at radius 3 is 2.44 bits per heavy atom. The van der Waals surface area contributed by atoms with E-state index in [0.29, 0.717) is 51.0 Å². The van der Waals surface area contributed by atoms with Crippen LogP contribution in [0.4, 0.5) is 36.3 Å². The van der Waals surface area contributed by atoms with E-state index in [4.69, 9.17) is 28.2 Å². The Bertz CT molecular complexity index is 1950. The average Bonchev–Trinajstić information content (AvgIpc) is 3.59. The summed E-state index contributed by atoms with van der Waals surface area (Å²) >= 11 is 13.4. The number of anilines is 4. The molecule has 4 N–H and O–H groups in total. The van der Waals surface area contributed by atoms with E-state index in [0.717, 1.165) is 24.3 Å². The molecule has 3 fully saturated rings. The van der Waals surface area contributed by atoms with Gasteiger partial charge in [-0.25, -0.2) is 9.97 Å². The molecule has 1 saturated heterocycles. The van der Waals surface area contributed by atoms with Crippen molar-refractivity contribution in [1.82, 2.24) is 30.2 Å². The Morgan fingerprint density at radius 1 is 1.00 bits per heavy atom. The third-order valence-corrected chi connectivity index (χ3v) is 10.8. The predicted molar refractivity (Wildman–Crippen MR) is 186 cm³/mol. The quantitative estimate of drug-likeness (QED) is 0.150. The van der Waals surface area contributed by atoms with Gasteiger partial charge in [-0.3, -0.25) is 14.6 Å². The fourth-order valence-electron chi connectivity index (χ4n) is 7.03. The van der Waals surface area contributed by atoms with Crippen molar-refractivity contribution >= 4 is 69.2 Å². The van der Waals surface area contributed by atoms with Crippen molar-refractivity contribution in [3.05, 3.63) is 63.5 Å². The van der Waals surface area contributed by atoms with Crippen molar-refractivity contribution in [2.75, 3.05) is 35.7 Å². The fraction of sp³-hybridized carbons (Fsp3) is 0.441. The molecule has 0 bridgehead atoms. The molecule has 2 saturated carbocycles. The van der Waals surface area contributed by atoms with Gasteiger partial charge in [0.25, 0.3) is 11.8 Å². The van der Waals surface area contributed by atoms with Crippen molar-refractivity contribution in [3.8, 4) is 0 Å². The number of amides is 2. The summed E-state index contributed by atoms with van der Waals surface area (Å²) in [5, 5.41) is 12.5. The van der Waals surface area contributed by atoms with E-state index in [1.54, 1.807) is 25.2 Å². The summed E-state index contributed by atoms with van der Waals surface area (Å²) in [6, 6.07) is 6.76. The highest BCUT2D eigenvalue weighted by atomic mass is 35.5. The molecule has 3 heterocycles. The summed E-state index contributed by atoms with van der Waals surface area (Å²) in [6.07, 6.45) is 0.411. The van der Waals surface area contributed by atoms with Gasteiger partial charge in [-0.05, 0) is 67.7 Å². The number of halogens is 5. The molecule has 0 spiro atoms. The number of hydrogen-bond acceptors (Lipinski definition) is 8. The number of aryl methyl sites for hydroxylation is 1. The molecule has 2 atom stereocenters. The van der Waals surface area contributed by atoms with Gasteiger partial charge in [-0.2, -0.15) is 13.2 Å². The van der Waals surface area contributed by atoms with E-state index in [1.165, 1.54) is 18.8 Å². The van der Waals surface area contributed by atoms with Crippen LogP contribution in [0.15, 0.2) is 36.7 Å².